The number of carbonyl (C=O) groups is 1. The second kappa shape index (κ2) is 6.25. The fourth-order valence-corrected chi connectivity index (χ4v) is 2.57. The van der Waals surface area contributed by atoms with E-state index in [-0.39, 0.29) is 21.8 Å². The van der Waals surface area contributed by atoms with Gasteiger partial charge < -0.3 is 14.6 Å². The average Bonchev–Trinajstić information content (AvgIpc) is 2.49. The van der Waals surface area contributed by atoms with E-state index in [1.807, 2.05) is 0 Å². The van der Waals surface area contributed by atoms with Crippen molar-refractivity contribution in [1.29, 1.82) is 0 Å². The van der Waals surface area contributed by atoms with E-state index in [1.165, 1.54) is 55.3 Å². The standard InChI is InChI=1S/C15H16N2O5S/c1-17-9-12(13(22-2)8-14(17)18)15(19)16-10-4-6-11(7-5-10)23(3,20)21/h4-9H,1-3H3,(H,16,19). The van der Waals surface area contributed by atoms with Gasteiger partial charge in [-0.3, -0.25) is 9.59 Å². The van der Waals surface area contributed by atoms with Gasteiger partial charge in [-0.1, -0.05) is 0 Å². The molecule has 2 aromatic rings. The molecule has 0 aliphatic carbocycles. The Kier molecular flexibility index (Phi) is 4.55. The quantitative estimate of drug-likeness (QED) is 0.900. The van der Waals surface area contributed by atoms with Gasteiger partial charge in [0.2, 0.25) is 0 Å². The van der Waals surface area contributed by atoms with Crippen LogP contribution in [0.2, 0.25) is 0 Å². The van der Waals surface area contributed by atoms with Gasteiger partial charge in [-0.25, -0.2) is 8.42 Å². The van der Waals surface area contributed by atoms with Gasteiger partial charge in [0.15, 0.2) is 9.84 Å². The molecule has 0 aliphatic rings. The Balaban J connectivity index is 2.29. The lowest BCUT2D eigenvalue weighted by Crippen LogP contribution is -2.21. The van der Waals surface area contributed by atoms with E-state index < -0.39 is 15.7 Å². The number of hydrogen-bond donors (Lipinski definition) is 1. The highest BCUT2D eigenvalue weighted by atomic mass is 32.2. The van der Waals surface area contributed by atoms with E-state index in [0.717, 1.165) is 6.26 Å². The van der Waals surface area contributed by atoms with Gasteiger partial charge in [-0.05, 0) is 24.3 Å². The lowest BCUT2D eigenvalue weighted by atomic mass is 10.2. The minimum atomic E-state index is -3.29. The molecule has 0 fully saturated rings. The van der Waals surface area contributed by atoms with Gasteiger partial charge in [0, 0.05) is 31.3 Å². The summed E-state index contributed by atoms with van der Waals surface area (Å²) >= 11 is 0. The van der Waals surface area contributed by atoms with Crippen LogP contribution in [-0.2, 0) is 16.9 Å². The zero-order chi connectivity index (χ0) is 17.2. The lowest BCUT2D eigenvalue weighted by Gasteiger charge is -2.10. The molecule has 1 aromatic heterocycles. The number of benzene rings is 1. The molecule has 0 radical (unpaired) electrons. The van der Waals surface area contributed by atoms with Crippen LogP contribution in [0.3, 0.4) is 0 Å². The van der Waals surface area contributed by atoms with Crippen LogP contribution in [-0.4, -0.2) is 32.3 Å². The number of hydrogen-bond acceptors (Lipinski definition) is 5. The third-order valence-electron chi connectivity index (χ3n) is 3.20. The zero-order valence-corrected chi connectivity index (χ0v) is 13.7. The number of nitrogens with one attached hydrogen (secondary N) is 1. The van der Waals surface area contributed by atoms with Crippen molar-refractivity contribution in [2.75, 3.05) is 18.7 Å². The molecular formula is C15H16N2O5S. The first kappa shape index (κ1) is 16.8. The molecule has 0 spiro atoms. The van der Waals surface area contributed by atoms with Crippen LogP contribution >= 0.6 is 0 Å². The van der Waals surface area contributed by atoms with Gasteiger partial charge in [0.1, 0.15) is 5.75 Å². The number of ether oxygens (including phenoxy) is 1. The first-order valence-corrected chi connectivity index (χ1v) is 8.47. The van der Waals surface area contributed by atoms with Gasteiger partial charge in [0.05, 0.1) is 17.6 Å². The molecule has 0 atom stereocenters. The summed E-state index contributed by atoms with van der Waals surface area (Å²) in [7, 11) is -0.397. The van der Waals surface area contributed by atoms with Crippen molar-refractivity contribution in [3.05, 3.63) is 52.4 Å². The topological polar surface area (TPSA) is 94.5 Å². The molecule has 0 bridgehead atoms. The highest BCUT2D eigenvalue weighted by molar-refractivity contribution is 7.90. The molecule has 0 saturated carbocycles. The van der Waals surface area contributed by atoms with Crippen LogP contribution in [0.5, 0.6) is 5.75 Å². The van der Waals surface area contributed by atoms with Crippen molar-refractivity contribution in [1.82, 2.24) is 4.57 Å². The summed E-state index contributed by atoms with van der Waals surface area (Å²) < 4.78 is 29.1. The van der Waals surface area contributed by atoms with Gasteiger partial charge in [0.25, 0.3) is 11.5 Å². The van der Waals surface area contributed by atoms with E-state index in [9.17, 15) is 18.0 Å². The molecular weight excluding hydrogens is 320 g/mol. The summed E-state index contributed by atoms with van der Waals surface area (Å²) in [6, 6.07) is 7.01. The summed E-state index contributed by atoms with van der Waals surface area (Å²) in [5.41, 5.74) is 0.330. The molecule has 2 rings (SSSR count). The zero-order valence-electron chi connectivity index (χ0n) is 12.9. The third-order valence-corrected chi connectivity index (χ3v) is 4.32. The Hall–Kier alpha value is -2.61. The number of aryl methyl sites for hydroxylation is 1. The van der Waals surface area contributed by atoms with Crippen molar-refractivity contribution in [2.24, 2.45) is 7.05 Å². The molecule has 1 heterocycles. The summed E-state index contributed by atoms with van der Waals surface area (Å²) in [5, 5.41) is 2.63. The van der Waals surface area contributed by atoms with Crippen LogP contribution < -0.4 is 15.6 Å². The number of aromatic nitrogens is 1. The largest absolute Gasteiger partial charge is 0.496 e. The number of anilines is 1. The van der Waals surface area contributed by atoms with Crippen LogP contribution in [0.15, 0.2) is 46.2 Å². The minimum Gasteiger partial charge on any atom is -0.496 e. The Bertz CT molecular complexity index is 898. The molecule has 1 aromatic carbocycles. The monoisotopic (exact) mass is 336 g/mol. The Morgan fingerprint density at radius 1 is 1.22 bits per heavy atom. The van der Waals surface area contributed by atoms with Crippen LogP contribution in [0.1, 0.15) is 10.4 Å². The normalized spacial score (nSPS) is 11.1. The number of pyridine rings is 1. The van der Waals surface area contributed by atoms with E-state index in [1.54, 1.807) is 0 Å². The number of carbonyl (C=O) groups excluding carboxylic acids is 1. The predicted octanol–water partition coefficient (Wildman–Crippen LogP) is 1.05. The number of nitrogens with zero attached hydrogens (tertiary/aromatic N) is 1. The maximum atomic E-state index is 12.3. The van der Waals surface area contributed by atoms with Gasteiger partial charge in [-0.15, -0.1) is 0 Å². The van der Waals surface area contributed by atoms with Crippen molar-refractivity contribution in [2.45, 2.75) is 4.90 Å². The number of rotatable bonds is 4. The maximum Gasteiger partial charge on any atom is 0.260 e. The molecule has 7 nitrogen and oxygen atoms in total. The number of amides is 1. The number of sulfone groups is 1. The maximum absolute atomic E-state index is 12.3. The van der Waals surface area contributed by atoms with Crippen LogP contribution in [0.4, 0.5) is 5.69 Å². The van der Waals surface area contributed by atoms with Crippen LogP contribution in [0.25, 0.3) is 0 Å². The minimum absolute atomic E-state index is 0.162. The summed E-state index contributed by atoms with van der Waals surface area (Å²) in [4.78, 5) is 24.0. The SMILES string of the molecule is COc1cc(=O)n(C)cc1C(=O)Nc1ccc(S(C)(=O)=O)cc1. The van der Waals surface area contributed by atoms with Crippen molar-refractivity contribution in [3.8, 4) is 5.75 Å². The molecule has 0 saturated heterocycles. The van der Waals surface area contributed by atoms with Crippen molar-refractivity contribution in [3.63, 3.8) is 0 Å². The molecule has 0 unspecified atom stereocenters. The number of methoxy groups -OCH3 is 1. The summed E-state index contributed by atoms with van der Waals surface area (Å²) in [5.74, 6) is -0.303. The fourth-order valence-electron chi connectivity index (χ4n) is 1.94. The molecule has 8 heteroatoms. The molecule has 122 valence electrons. The molecule has 1 amide bonds. The molecule has 1 N–H and O–H groups in total. The fraction of sp³-hybridized carbons (Fsp3) is 0.200. The highest BCUT2D eigenvalue weighted by Crippen LogP contribution is 2.18. The Morgan fingerprint density at radius 3 is 2.35 bits per heavy atom. The average molecular weight is 336 g/mol. The van der Waals surface area contributed by atoms with Gasteiger partial charge in [-0.2, -0.15) is 0 Å². The van der Waals surface area contributed by atoms with E-state index >= 15 is 0 Å². The summed E-state index contributed by atoms with van der Waals surface area (Å²) in [6.07, 6.45) is 2.48. The lowest BCUT2D eigenvalue weighted by molar-refractivity contribution is 0.102. The van der Waals surface area contributed by atoms with E-state index in [0.29, 0.717) is 5.69 Å². The first-order valence-electron chi connectivity index (χ1n) is 6.58. The van der Waals surface area contributed by atoms with Crippen molar-refractivity contribution >= 4 is 21.4 Å². The Labute approximate surface area is 133 Å². The predicted molar refractivity (Wildman–Crippen MR) is 85.7 cm³/mol. The smallest absolute Gasteiger partial charge is 0.260 e. The summed E-state index contributed by atoms with van der Waals surface area (Å²) in [6.45, 7) is 0. The molecule has 0 aliphatic heterocycles. The van der Waals surface area contributed by atoms with Crippen LogP contribution in [0, 0.1) is 0 Å². The second-order valence-electron chi connectivity index (χ2n) is 4.96. The van der Waals surface area contributed by atoms with Gasteiger partial charge >= 0.3 is 0 Å². The van der Waals surface area contributed by atoms with E-state index in [2.05, 4.69) is 5.32 Å². The third kappa shape index (κ3) is 3.78. The Morgan fingerprint density at radius 2 is 1.83 bits per heavy atom. The first-order chi connectivity index (χ1) is 10.7. The highest BCUT2D eigenvalue weighted by Gasteiger charge is 2.15. The van der Waals surface area contributed by atoms with Crippen molar-refractivity contribution < 1.29 is 17.9 Å². The molecule has 23 heavy (non-hydrogen) atoms. The second-order valence-corrected chi connectivity index (χ2v) is 6.97. The van der Waals surface area contributed by atoms with E-state index in [4.69, 9.17) is 4.74 Å².